The molecule has 1 aromatic heterocycles. The van der Waals surface area contributed by atoms with E-state index < -0.39 is 0 Å². The monoisotopic (exact) mass is 358 g/mol. The lowest BCUT2D eigenvalue weighted by Crippen LogP contribution is -2.23. The number of aromatic nitrogens is 1. The van der Waals surface area contributed by atoms with Crippen LogP contribution in [0.15, 0.2) is 36.4 Å². The van der Waals surface area contributed by atoms with Gasteiger partial charge in [0, 0.05) is 39.5 Å². The molecule has 120 valence electrons. The highest BCUT2D eigenvalue weighted by Gasteiger charge is 2.26. The van der Waals surface area contributed by atoms with E-state index in [0.717, 1.165) is 22.0 Å². The highest BCUT2D eigenvalue weighted by Crippen LogP contribution is 2.34. The summed E-state index contributed by atoms with van der Waals surface area (Å²) in [5.41, 5.74) is 3.21. The number of carbonyl (C=O) groups excluding carboxylic acids is 2. The molecule has 2 aromatic carbocycles. The quantitative estimate of drug-likeness (QED) is 0.674. The molecule has 1 aliphatic rings. The maximum Gasteiger partial charge on any atom is 0.268 e. The Bertz CT molecular complexity index is 1010. The van der Waals surface area contributed by atoms with E-state index in [1.54, 1.807) is 12.1 Å². The lowest BCUT2D eigenvalue weighted by Gasteiger charge is -2.06. The van der Waals surface area contributed by atoms with Gasteiger partial charge in [-0.3, -0.25) is 9.59 Å². The first kappa shape index (κ1) is 15.2. The summed E-state index contributed by atoms with van der Waals surface area (Å²) in [6, 6.07) is 10.9. The summed E-state index contributed by atoms with van der Waals surface area (Å²) in [5, 5.41) is 4.56. The third-order valence-electron chi connectivity index (χ3n) is 4.18. The number of benzene rings is 2. The molecule has 0 aliphatic carbocycles. The summed E-state index contributed by atoms with van der Waals surface area (Å²) in [7, 11) is 0. The molecular weight excluding hydrogens is 347 g/mol. The molecule has 24 heavy (non-hydrogen) atoms. The van der Waals surface area contributed by atoms with Gasteiger partial charge in [0.15, 0.2) is 5.78 Å². The third-order valence-corrected chi connectivity index (χ3v) is 4.73. The SMILES string of the molecule is O=C1NCCC(=O)c2c1[nH]c1ccc(-c3ccc(Cl)cc3Cl)cc21. The zero-order chi connectivity index (χ0) is 16.8. The van der Waals surface area contributed by atoms with Crippen LogP contribution in [0.25, 0.3) is 22.0 Å². The van der Waals surface area contributed by atoms with E-state index in [9.17, 15) is 9.59 Å². The number of H-pyrrole nitrogens is 1. The fourth-order valence-corrected chi connectivity index (χ4v) is 3.56. The average molecular weight is 359 g/mol. The van der Waals surface area contributed by atoms with Gasteiger partial charge in [0.05, 0.1) is 5.56 Å². The molecule has 4 rings (SSSR count). The zero-order valence-corrected chi connectivity index (χ0v) is 14.0. The van der Waals surface area contributed by atoms with E-state index in [4.69, 9.17) is 23.2 Å². The minimum absolute atomic E-state index is 0.0473. The Labute approximate surface area is 147 Å². The molecule has 0 saturated carbocycles. The van der Waals surface area contributed by atoms with Crippen molar-refractivity contribution >= 4 is 45.8 Å². The summed E-state index contributed by atoms with van der Waals surface area (Å²) in [6.07, 6.45) is 0.289. The van der Waals surface area contributed by atoms with E-state index in [1.165, 1.54) is 0 Å². The summed E-state index contributed by atoms with van der Waals surface area (Å²) >= 11 is 12.2. The molecule has 2 N–H and O–H groups in total. The highest BCUT2D eigenvalue weighted by molar-refractivity contribution is 6.36. The van der Waals surface area contributed by atoms with Gasteiger partial charge in [0.1, 0.15) is 5.69 Å². The average Bonchev–Trinajstić information content (AvgIpc) is 2.87. The van der Waals surface area contributed by atoms with Gasteiger partial charge in [0.25, 0.3) is 5.91 Å². The summed E-state index contributed by atoms with van der Waals surface area (Å²) in [5.74, 6) is -0.299. The highest BCUT2D eigenvalue weighted by atomic mass is 35.5. The van der Waals surface area contributed by atoms with Gasteiger partial charge in [-0.2, -0.15) is 0 Å². The number of halogens is 2. The molecule has 2 heterocycles. The molecule has 0 radical (unpaired) electrons. The fraction of sp³-hybridized carbons (Fsp3) is 0.111. The first-order valence-corrected chi connectivity index (χ1v) is 8.23. The standard InChI is InChI=1S/C18H12Cl2N2O2/c19-10-2-3-11(13(20)8-10)9-1-4-14-12(7-9)16-15(23)5-6-21-18(24)17(16)22-14/h1-4,7-8,22H,5-6H2,(H,21,24). The van der Waals surface area contributed by atoms with Crippen LogP contribution in [-0.4, -0.2) is 23.2 Å². The second-order valence-electron chi connectivity index (χ2n) is 5.69. The molecule has 4 nitrogen and oxygen atoms in total. The Morgan fingerprint density at radius 1 is 1.00 bits per heavy atom. The number of hydrogen-bond acceptors (Lipinski definition) is 2. The predicted molar refractivity (Wildman–Crippen MR) is 95.0 cm³/mol. The second kappa shape index (κ2) is 5.65. The number of carbonyl (C=O) groups is 2. The molecule has 0 bridgehead atoms. The molecule has 0 fully saturated rings. The van der Waals surface area contributed by atoms with Gasteiger partial charge in [-0.25, -0.2) is 0 Å². The Morgan fingerprint density at radius 2 is 1.83 bits per heavy atom. The van der Waals surface area contributed by atoms with E-state index in [0.29, 0.717) is 27.8 Å². The van der Waals surface area contributed by atoms with Crippen molar-refractivity contribution in [2.45, 2.75) is 6.42 Å². The molecule has 3 aromatic rings. The van der Waals surface area contributed by atoms with Crippen LogP contribution in [0.4, 0.5) is 0 Å². The summed E-state index contributed by atoms with van der Waals surface area (Å²) < 4.78 is 0. The van der Waals surface area contributed by atoms with E-state index in [-0.39, 0.29) is 18.1 Å². The van der Waals surface area contributed by atoms with E-state index in [1.807, 2.05) is 24.3 Å². The summed E-state index contributed by atoms with van der Waals surface area (Å²) in [4.78, 5) is 27.6. The van der Waals surface area contributed by atoms with E-state index >= 15 is 0 Å². The summed E-state index contributed by atoms with van der Waals surface area (Å²) in [6.45, 7) is 0.352. The van der Waals surface area contributed by atoms with Crippen LogP contribution in [0.3, 0.4) is 0 Å². The number of ketones is 1. The smallest absolute Gasteiger partial charge is 0.268 e. The van der Waals surface area contributed by atoms with Crippen LogP contribution >= 0.6 is 23.2 Å². The van der Waals surface area contributed by atoms with Crippen LogP contribution in [0, 0.1) is 0 Å². The molecule has 0 atom stereocenters. The Balaban J connectivity index is 1.95. The molecule has 0 spiro atoms. The van der Waals surface area contributed by atoms with Crippen molar-refractivity contribution in [2.75, 3.05) is 6.54 Å². The van der Waals surface area contributed by atoms with Gasteiger partial charge in [-0.15, -0.1) is 0 Å². The molecule has 1 aliphatic heterocycles. The zero-order valence-electron chi connectivity index (χ0n) is 12.5. The van der Waals surface area contributed by atoms with Crippen molar-refractivity contribution in [1.82, 2.24) is 10.3 Å². The number of amides is 1. The molecular formula is C18H12Cl2N2O2. The lowest BCUT2D eigenvalue weighted by atomic mass is 9.99. The van der Waals surface area contributed by atoms with Crippen LogP contribution in [0.1, 0.15) is 27.3 Å². The maximum absolute atomic E-state index is 12.4. The first-order valence-electron chi connectivity index (χ1n) is 7.47. The van der Waals surface area contributed by atoms with Crippen molar-refractivity contribution in [3.8, 4) is 11.1 Å². The van der Waals surface area contributed by atoms with Crippen molar-refractivity contribution in [1.29, 1.82) is 0 Å². The molecule has 6 heteroatoms. The number of Topliss-reactive ketones (excluding diaryl/α,β-unsaturated/α-hetero) is 1. The van der Waals surface area contributed by atoms with Crippen LogP contribution in [0.5, 0.6) is 0 Å². The number of rotatable bonds is 1. The molecule has 0 unspecified atom stereocenters. The second-order valence-corrected chi connectivity index (χ2v) is 6.53. The van der Waals surface area contributed by atoms with Crippen LogP contribution < -0.4 is 5.32 Å². The van der Waals surface area contributed by atoms with Gasteiger partial charge >= 0.3 is 0 Å². The third kappa shape index (κ3) is 2.39. The van der Waals surface area contributed by atoms with Crippen LogP contribution in [-0.2, 0) is 0 Å². The van der Waals surface area contributed by atoms with Gasteiger partial charge in [-0.1, -0.05) is 35.3 Å². The van der Waals surface area contributed by atoms with Crippen molar-refractivity contribution in [2.24, 2.45) is 0 Å². The largest absolute Gasteiger partial charge is 0.350 e. The first-order chi connectivity index (χ1) is 11.5. The number of nitrogens with one attached hydrogen (secondary N) is 2. The normalized spacial score (nSPS) is 14.4. The predicted octanol–water partition coefficient (Wildman–Crippen LogP) is 4.46. The van der Waals surface area contributed by atoms with E-state index in [2.05, 4.69) is 10.3 Å². The lowest BCUT2D eigenvalue weighted by molar-refractivity contribution is 0.0952. The van der Waals surface area contributed by atoms with Gasteiger partial charge < -0.3 is 10.3 Å². The maximum atomic E-state index is 12.4. The Hall–Kier alpha value is -2.30. The number of hydrogen-bond donors (Lipinski definition) is 2. The number of aromatic amines is 1. The minimum Gasteiger partial charge on any atom is -0.350 e. The Kier molecular flexibility index (Phi) is 3.59. The minimum atomic E-state index is -0.252. The van der Waals surface area contributed by atoms with Crippen molar-refractivity contribution in [3.05, 3.63) is 57.7 Å². The van der Waals surface area contributed by atoms with Gasteiger partial charge in [-0.05, 0) is 29.8 Å². The van der Waals surface area contributed by atoms with Crippen LogP contribution in [0.2, 0.25) is 10.0 Å². The van der Waals surface area contributed by atoms with Crippen molar-refractivity contribution in [3.63, 3.8) is 0 Å². The van der Waals surface area contributed by atoms with Gasteiger partial charge in [0.2, 0.25) is 0 Å². The molecule has 1 amide bonds. The van der Waals surface area contributed by atoms with Crippen molar-refractivity contribution < 1.29 is 9.59 Å². The topological polar surface area (TPSA) is 62.0 Å². The number of fused-ring (bicyclic) bond motifs is 3. The fourth-order valence-electron chi connectivity index (χ4n) is 3.05. The molecule has 0 saturated heterocycles. The Morgan fingerprint density at radius 3 is 2.62 bits per heavy atom.